The van der Waals surface area contributed by atoms with Gasteiger partial charge in [-0.2, -0.15) is 0 Å². The highest BCUT2D eigenvalue weighted by Gasteiger charge is 2.08. The van der Waals surface area contributed by atoms with E-state index in [0.29, 0.717) is 18.1 Å². The Labute approximate surface area is 117 Å². The third-order valence-electron chi connectivity index (χ3n) is 2.91. The predicted octanol–water partition coefficient (Wildman–Crippen LogP) is 1.41. The van der Waals surface area contributed by atoms with Crippen molar-refractivity contribution in [2.75, 3.05) is 19.1 Å². The van der Waals surface area contributed by atoms with Crippen molar-refractivity contribution < 1.29 is 4.74 Å². The van der Waals surface area contributed by atoms with Crippen LogP contribution < -0.4 is 15.4 Å². The van der Waals surface area contributed by atoms with Crippen molar-refractivity contribution in [1.82, 2.24) is 9.97 Å². The second-order valence-corrected chi connectivity index (χ2v) is 4.34. The maximum Gasteiger partial charge on any atom is 0.147 e. The molecule has 0 spiro atoms. The van der Waals surface area contributed by atoms with Crippen molar-refractivity contribution >= 4 is 11.7 Å². The van der Waals surface area contributed by atoms with E-state index < -0.39 is 0 Å². The van der Waals surface area contributed by atoms with E-state index in [2.05, 4.69) is 9.97 Å². The molecule has 0 saturated carbocycles. The molecule has 0 fully saturated rings. The van der Waals surface area contributed by atoms with Gasteiger partial charge in [0, 0.05) is 19.2 Å². The van der Waals surface area contributed by atoms with Gasteiger partial charge in [0.1, 0.15) is 23.1 Å². The SMILES string of the molecule is COc1ccccc1CN(C)c1cnc(C(=N)N)cn1. The predicted molar refractivity (Wildman–Crippen MR) is 78.1 cm³/mol. The summed E-state index contributed by atoms with van der Waals surface area (Å²) in [5.74, 6) is 1.46. The number of hydrogen-bond acceptors (Lipinski definition) is 5. The molecular weight excluding hydrogens is 254 g/mol. The number of nitrogen functional groups attached to an aromatic ring is 1. The summed E-state index contributed by atoms with van der Waals surface area (Å²) in [6, 6.07) is 7.83. The highest BCUT2D eigenvalue weighted by molar-refractivity contribution is 5.92. The lowest BCUT2D eigenvalue weighted by molar-refractivity contribution is 0.409. The average molecular weight is 271 g/mol. The molecule has 0 bridgehead atoms. The van der Waals surface area contributed by atoms with E-state index in [0.717, 1.165) is 11.3 Å². The minimum absolute atomic E-state index is 0.0866. The maximum atomic E-state index is 7.29. The topological polar surface area (TPSA) is 88.1 Å². The zero-order valence-electron chi connectivity index (χ0n) is 11.5. The molecule has 3 N–H and O–H groups in total. The first kappa shape index (κ1) is 13.8. The standard InChI is InChI=1S/C14H17N5O/c1-19(9-10-5-3-4-6-12(10)20-2)13-8-17-11(7-18-13)14(15)16/h3-8H,9H2,1-2H3,(H3,15,16). The maximum absolute atomic E-state index is 7.29. The molecule has 2 rings (SSSR count). The molecule has 0 aliphatic carbocycles. The van der Waals surface area contributed by atoms with Crippen LogP contribution in [-0.4, -0.2) is 30.0 Å². The fourth-order valence-corrected chi connectivity index (χ4v) is 1.83. The minimum Gasteiger partial charge on any atom is -0.496 e. The summed E-state index contributed by atoms with van der Waals surface area (Å²) >= 11 is 0. The van der Waals surface area contributed by atoms with Gasteiger partial charge in [0.05, 0.1) is 19.5 Å². The molecule has 20 heavy (non-hydrogen) atoms. The summed E-state index contributed by atoms with van der Waals surface area (Å²) in [6.45, 7) is 0.651. The van der Waals surface area contributed by atoms with Gasteiger partial charge in [-0.25, -0.2) is 9.97 Å². The molecule has 6 nitrogen and oxygen atoms in total. The van der Waals surface area contributed by atoms with Crippen molar-refractivity contribution in [1.29, 1.82) is 5.41 Å². The van der Waals surface area contributed by atoms with Crippen LogP contribution in [0.3, 0.4) is 0 Å². The number of para-hydroxylation sites is 1. The first-order chi connectivity index (χ1) is 9.61. The fraction of sp³-hybridized carbons (Fsp3) is 0.214. The van der Waals surface area contributed by atoms with Gasteiger partial charge in [0.25, 0.3) is 0 Å². The second-order valence-electron chi connectivity index (χ2n) is 4.34. The lowest BCUT2D eigenvalue weighted by Crippen LogP contribution is -2.20. The second kappa shape index (κ2) is 6.01. The molecule has 104 valence electrons. The van der Waals surface area contributed by atoms with Gasteiger partial charge < -0.3 is 15.4 Å². The van der Waals surface area contributed by atoms with Gasteiger partial charge in [-0.1, -0.05) is 18.2 Å². The quantitative estimate of drug-likeness (QED) is 0.634. The molecule has 0 radical (unpaired) electrons. The number of aromatic nitrogens is 2. The van der Waals surface area contributed by atoms with Crippen LogP contribution in [0, 0.1) is 5.41 Å². The van der Waals surface area contributed by atoms with Gasteiger partial charge in [0.2, 0.25) is 0 Å². The normalized spacial score (nSPS) is 10.1. The van der Waals surface area contributed by atoms with Crippen LogP contribution in [-0.2, 0) is 6.54 Å². The van der Waals surface area contributed by atoms with E-state index in [1.807, 2.05) is 36.2 Å². The van der Waals surface area contributed by atoms with Crippen molar-refractivity contribution in [3.05, 3.63) is 47.9 Å². The Kier molecular flexibility index (Phi) is 4.14. The van der Waals surface area contributed by atoms with Gasteiger partial charge >= 0.3 is 0 Å². The minimum atomic E-state index is -0.0866. The summed E-state index contributed by atoms with van der Waals surface area (Å²) in [6.07, 6.45) is 3.10. The Morgan fingerprint density at radius 2 is 2.05 bits per heavy atom. The summed E-state index contributed by atoms with van der Waals surface area (Å²) < 4.78 is 5.33. The number of benzene rings is 1. The van der Waals surface area contributed by atoms with Gasteiger partial charge in [-0.15, -0.1) is 0 Å². The summed E-state index contributed by atoms with van der Waals surface area (Å²) in [5, 5.41) is 7.29. The van der Waals surface area contributed by atoms with Crippen LogP contribution in [0.25, 0.3) is 0 Å². The zero-order valence-corrected chi connectivity index (χ0v) is 11.5. The Bertz CT molecular complexity index is 597. The van der Waals surface area contributed by atoms with E-state index in [1.165, 1.54) is 6.20 Å². The van der Waals surface area contributed by atoms with Crippen molar-refractivity contribution in [3.63, 3.8) is 0 Å². The Balaban J connectivity index is 2.15. The molecule has 1 heterocycles. The van der Waals surface area contributed by atoms with Crippen LogP contribution >= 0.6 is 0 Å². The number of ether oxygens (including phenoxy) is 1. The number of hydrogen-bond donors (Lipinski definition) is 2. The number of nitrogens with two attached hydrogens (primary N) is 1. The van der Waals surface area contributed by atoms with E-state index in [4.69, 9.17) is 15.9 Å². The third kappa shape index (κ3) is 3.03. The molecule has 0 amide bonds. The number of nitrogens with zero attached hydrogens (tertiary/aromatic N) is 3. The zero-order chi connectivity index (χ0) is 14.5. The van der Waals surface area contributed by atoms with Gasteiger partial charge in [-0.3, -0.25) is 5.41 Å². The summed E-state index contributed by atoms with van der Waals surface area (Å²) in [5.41, 5.74) is 6.79. The van der Waals surface area contributed by atoms with Crippen LogP contribution in [0.4, 0.5) is 5.82 Å². The molecule has 0 aliphatic heterocycles. The molecule has 0 atom stereocenters. The molecule has 0 unspecified atom stereocenters. The molecule has 6 heteroatoms. The molecular formula is C14H17N5O. The largest absolute Gasteiger partial charge is 0.496 e. The highest BCUT2D eigenvalue weighted by Crippen LogP contribution is 2.20. The number of methoxy groups -OCH3 is 1. The fourth-order valence-electron chi connectivity index (χ4n) is 1.83. The molecule has 2 aromatic rings. The van der Waals surface area contributed by atoms with Crippen LogP contribution in [0.5, 0.6) is 5.75 Å². The van der Waals surface area contributed by atoms with Crippen LogP contribution in [0.1, 0.15) is 11.3 Å². The number of nitrogens with one attached hydrogen (secondary N) is 1. The molecule has 1 aromatic heterocycles. The molecule has 0 saturated heterocycles. The van der Waals surface area contributed by atoms with Crippen molar-refractivity contribution in [2.45, 2.75) is 6.54 Å². The summed E-state index contributed by atoms with van der Waals surface area (Å²) in [4.78, 5) is 10.3. The Morgan fingerprint density at radius 1 is 1.30 bits per heavy atom. The average Bonchev–Trinajstić information content (AvgIpc) is 2.48. The molecule has 1 aromatic carbocycles. The van der Waals surface area contributed by atoms with E-state index in [-0.39, 0.29) is 5.84 Å². The highest BCUT2D eigenvalue weighted by atomic mass is 16.5. The first-order valence-electron chi connectivity index (χ1n) is 6.11. The van der Waals surface area contributed by atoms with E-state index in [1.54, 1.807) is 13.3 Å². The molecule has 0 aliphatic rings. The third-order valence-corrected chi connectivity index (χ3v) is 2.91. The van der Waals surface area contributed by atoms with Gasteiger partial charge in [-0.05, 0) is 6.07 Å². The number of anilines is 1. The van der Waals surface area contributed by atoms with Gasteiger partial charge in [0.15, 0.2) is 0 Å². The van der Waals surface area contributed by atoms with Crippen molar-refractivity contribution in [3.8, 4) is 5.75 Å². The Hall–Kier alpha value is -2.63. The van der Waals surface area contributed by atoms with Crippen LogP contribution in [0.15, 0.2) is 36.7 Å². The smallest absolute Gasteiger partial charge is 0.147 e. The number of rotatable bonds is 5. The summed E-state index contributed by atoms with van der Waals surface area (Å²) in [7, 11) is 3.57. The lowest BCUT2D eigenvalue weighted by Gasteiger charge is -2.19. The van der Waals surface area contributed by atoms with Crippen molar-refractivity contribution in [2.24, 2.45) is 5.73 Å². The lowest BCUT2D eigenvalue weighted by atomic mass is 10.2. The number of amidine groups is 1. The van der Waals surface area contributed by atoms with Crippen LogP contribution in [0.2, 0.25) is 0 Å². The first-order valence-corrected chi connectivity index (χ1v) is 6.11. The van der Waals surface area contributed by atoms with E-state index in [9.17, 15) is 0 Å². The monoisotopic (exact) mass is 271 g/mol. The Morgan fingerprint density at radius 3 is 2.65 bits per heavy atom. The van der Waals surface area contributed by atoms with E-state index >= 15 is 0 Å².